The molecule has 0 aromatic heterocycles. The molecule has 108 valence electrons. The minimum absolute atomic E-state index is 0.276. The summed E-state index contributed by atoms with van der Waals surface area (Å²) in [7, 11) is 1.58. The summed E-state index contributed by atoms with van der Waals surface area (Å²) in [6.45, 7) is 0. The fourth-order valence-corrected chi connectivity index (χ4v) is 2.44. The average Bonchev–Trinajstić information content (AvgIpc) is 2.47. The van der Waals surface area contributed by atoms with Gasteiger partial charge in [0.2, 0.25) is 0 Å². The summed E-state index contributed by atoms with van der Waals surface area (Å²) in [6.07, 6.45) is 1.54. The van der Waals surface area contributed by atoms with Gasteiger partial charge in [0.1, 0.15) is 5.75 Å². The number of nitrogens with one attached hydrogen (secondary N) is 1. The number of nitrogens with zero attached hydrogens (tertiary/aromatic N) is 1. The van der Waals surface area contributed by atoms with Gasteiger partial charge in [-0.2, -0.15) is 5.10 Å². The number of rotatable bonds is 4. The first-order valence-corrected chi connectivity index (χ1v) is 7.61. The molecule has 1 N–H and O–H groups in total. The molecule has 0 bridgehead atoms. The summed E-state index contributed by atoms with van der Waals surface area (Å²) in [4.78, 5) is 11.9. The Labute approximate surface area is 139 Å². The molecule has 0 aliphatic rings. The molecule has 2 aromatic carbocycles. The number of hydrazone groups is 1. The molecule has 0 spiro atoms. The van der Waals surface area contributed by atoms with Gasteiger partial charge in [-0.15, -0.1) is 0 Å². The van der Waals surface area contributed by atoms with Gasteiger partial charge in [-0.1, -0.05) is 37.9 Å². The summed E-state index contributed by atoms with van der Waals surface area (Å²) < 4.78 is 6.97. The zero-order valence-electron chi connectivity index (χ0n) is 11.1. The number of amides is 1. The van der Waals surface area contributed by atoms with E-state index in [4.69, 9.17) is 4.74 Å². The highest BCUT2D eigenvalue weighted by Gasteiger charge is 2.05. The molecule has 0 saturated carbocycles. The van der Waals surface area contributed by atoms with E-state index in [1.165, 1.54) is 0 Å². The average molecular weight is 412 g/mol. The van der Waals surface area contributed by atoms with Crippen molar-refractivity contribution in [2.45, 2.75) is 0 Å². The second kappa shape index (κ2) is 7.38. The van der Waals surface area contributed by atoms with E-state index in [1.54, 1.807) is 31.5 Å². The van der Waals surface area contributed by atoms with Gasteiger partial charge in [0.25, 0.3) is 5.91 Å². The number of carbonyl (C=O) groups excluding carboxylic acids is 1. The standard InChI is InChI=1S/C15H12Br2N2O2/c1-21-14-6-5-13(17)8-11(14)9-18-19-15(20)10-3-2-4-12(16)7-10/h2-9H,1H3,(H,19,20). The minimum Gasteiger partial charge on any atom is -0.496 e. The quantitative estimate of drug-likeness (QED) is 0.610. The highest BCUT2D eigenvalue weighted by Crippen LogP contribution is 2.21. The lowest BCUT2D eigenvalue weighted by atomic mass is 10.2. The van der Waals surface area contributed by atoms with Crippen LogP contribution in [0, 0.1) is 0 Å². The molecule has 4 nitrogen and oxygen atoms in total. The lowest BCUT2D eigenvalue weighted by Gasteiger charge is -2.04. The second-order valence-corrected chi connectivity index (χ2v) is 5.93. The molecule has 0 aliphatic heterocycles. The van der Waals surface area contributed by atoms with E-state index in [-0.39, 0.29) is 5.91 Å². The number of hydrogen-bond donors (Lipinski definition) is 1. The molecule has 0 heterocycles. The second-order valence-electron chi connectivity index (χ2n) is 4.10. The third-order valence-corrected chi connectivity index (χ3v) is 3.63. The van der Waals surface area contributed by atoms with E-state index >= 15 is 0 Å². The molecule has 2 aromatic rings. The summed E-state index contributed by atoms with van der Waals surface area (Å²) in [5.74, 6) is 0.403. The molecule has 1 amide bonds. The maximum Gasteiger partial charge on any atom is 0.271 e. The Morgan fingerprint density at radius 2 is 1.95 bits per heavy atom. The van der Waals surface area contributed by atoms with Gasteiger partial charge in [-0.05, 0) is 36.4 Å². The van der Waals surface area contributed by atoms with Crippen LogP contribution in [0.4, 0.5) is 0 Å². The number of halogens is 2. The van der Waals surface area contributed by atoms with Gasteiger partial charge in [0.05, 0.1) is 13.3 Å². The first-order valence-electron chi connectivity index (χ1n) is 6.02. The number of benzene rings is 2. The first kappa shape index (κ1) is 15.7. The topological polar surface area (TPSA) is 50.7 Å². The van der Waals surface area contributed by atoms with Gasteiger partial charge in [0, 0.05) is 20.1 Å². The molecule has 0 fully saturated rings. The monoisotopic (exact) mass is 410 g/mol. The van der Waals surface area contributed by atoms with Gasteiger partial charge in [-0.3, -0.25) is 4.79 Å². The number of methoxy groups -OCH3 is 1. The fraction of sp³-hybridized carbons (Fsp3) is 0.0667. The molecule has 2 rings (SSSR count). The summed E-state index contributed by atoms with van der Waals surface area (Å²) in [5, 5.41) is 3.96. The van der Waals surface area contributed by atoms with Crippen LogP contribution >= 0.6 is 31.9 Å². The van der Waals surface area contributed by atoms with Crippen molar-refractivity contribution in [3.63, 3.8) is 0 Å². The van der Waals surface area contributed by atoms with Crippen LogP contribution < -0.4 is 10.2 Å². The van der Waals surface area contributed by atoms with Crippen LogP contribution in [-0.2, 0) is 0 Å². The van der Waals surface area contributed by atoms with Gasteiger partial charge in [0.15, 0.2) is 0 Å². The Hall–Kier alpha value is -1.66. The third kappa shape index (κ3) is 4.41. The van der Waals surface area contributed by atoms with Crippen LogP contribution in [0.2, 0.25) is 0 Å². The summed E-state index contributed by atoms with van der Waals surface area (Å²) in [6, 6.07) is 12.6. The van der Waals surface area contributed by atoms with Crippen LogP contribution in [0.3, 0.4) is 0 Å². The Kier molecular flexibility index (Phi) is 5.52. The molecule has 0 saturated heterocycles. The van der Waals surface area contributed by atoms with E-state index in [0.29, 0.717) is 11.3 Å². The smallest absolute Gasteiger partial charge is 0.271 e. The molecular weight excluding hydrogens is 400 g/mol. The predicted octanol–water partition coefficient (Wildman–Crippen LogP) is 3.98. The number of ether oxygens (including phenoxy) is 1. The maximum atomic E-state index is 11.9. The molecule has 0 radical (unpaired) electrons. The van der Waals surface area contributed by atoms with E-state index in [9.17, 15) is 4.79 Å². The minimum atomic E-state index is -0.276. The van der Waals surface area contributed by atoms with Crippen molar-refractivity contribution in [3.8, 4) is 5.75 Å². The predicted molar refractivity (Wildman–Crippen MR) is 89.9 cm³/mol. The SMILES string of the molecule is COc1ccc(Br)cc1C=NNC(=O)c1cccc(Br)c1. The molecule has 0 unspecified atom stereocenters. The zero-order valence-corrected chi connectivity index (χ0v) is 14.3. The van der Waals surface area contributed by atoms with Crippen molar-refractivity contribution >= 4 is 44.0 Å². The Morgan fingerprint density at radius 1 is 1.19 bits per heavy atom. The number of hydrogen-bond acceptors (Lipinski definition) is 3. The van der Waals surface area contributed by atoms with Crippen LogP contribution in [0.1, 0.15) is 15.9 Å². The van der Waals surface area contributed by atoms with Gasteiger partial charge in [-0.25, -0.2) is 5.43 Å². The van der Waals surface area contributed by atoms with Crippen molar-refractivity contribution in [3.05, 3.63) is 62.5 Å². The van der Waals surface area contributed by atoms with Crippen LogP contribution in [0.25, 0.3) is 0 Å². The fourth-order valence-electron chi connectivity index (χ4n) is 1.66. The molecule has 6 heteroatoms. The lowest BCUT2D eigenvalue weighted by molar-refractivity contribution is 0.0955. The van der Waals surface area contributed by atoms with Crippen molar-refractivity contribution in [1.29, 1.82) is 0 Å². The van der Waals surface area contributed by atoms with E-state index < -0.39 is 0 Å². The highest BCUT2D eigenvalue weighted by molar-refractivity contribution is 9.10. The molecular formula is C15H12Br2N2O2. The Bertz CT molecular complexity index is 687. The number of carbonyl (C=O) groups is 1. The molecule has 0 aliphatic carbocycles. The first-order chi connectivity index (χ1) is 10.1. The van der Waals surface area contributed by atoms with Crippen LogP contribution in [0.15, 0.2) is 56.5 Å². The highest BCUT2D eigenvalue weighted by atomic mass is 79.9. The van der Waals surface area contributed by atoms with Gasteiger partial charge >= 0.3 is 0 Å². The van der Waals surface area contributed by atoms with Crippen molar-refractivity contribution < 1.29 is 9.53 Å². The van der Waals surface area contributed by atoms with Crippen LogP contribution in [0.5, 0.6) is 5.75 Å². The molecule has 0 atom stereocenters. The van der Waals surface area contributed by atoms with Crippen molar-refractivity contribution in [2.24, 2.45) is 5.10 Å². The Balaban J connectivity index is 2.09. The van der Waals surface area contributed by atoms with Gasteiger partial charge < -0.3 is 4.74 Å². The lowest BCUT2D eigenvalue weighted by Crippen LogP contribution is -2.17. The Morgan fingerprint density at radius 3 is 2.67 bits per heavy atom. The normalized spacial score (nSPS) is 10.6. The largest absolute Gasteiger partial charge is 0.496 e. The van der Waals surface area contributed by atoms with Crippen molar-refractivity contribution in [2.75, 3.05) is 7.11 Å². The van der Waals surface area contributed by atoms with E-state index in [1.807, 2.05) is 24.3 Å². The summed E-state index contributed by atoms with van der Waals surface area (Å²) >= 11 is 6.70. The summed E-state index contributed by atoms with van der Waals surface area (Å²) in [5.41, 5.74) is 3.78. The zero-order chi connectivity index (χ0) is 15.2. The van der Waals surface area contributed by atoms with Crippen LogP contribution in [-0.4, -0.2) is 19.2 Å². The maximum absolute atomic E-state index is 11.9. The third-order valence-electron chi connectivity index (χ3n) is 2.65. The molecule has 21 heavy (non-hydrogen) atoms. The van der Waals surface area contributed by atoms with E-state index in [0.717, 1.165) is 14.5 Å². The van der Waals surface area contributed by atoms with E-state index in [2.05, 4.69) is 42.4 Å². The van der Waals surface area contributed by atoms with Crippen molar-refractivity contribution in [1.82, 2.24) is 5.43 Å².